The number of urea groups is 1. The molecule has 9 heteroatoms. The predicted molar refractivity (Wildman–Crippen MR) is 122 cm³/mol. The van der Waals surface area contributed by atoms with Gasteiger partial charge in [-0.05, 0) is 48.9 Å². The molecule has 3 amide bonds. The highest BCUT2D eigenvalue weighted by atomic mass is 32.1. The minimum Gasteiger partial charge on any atom is -0.491 e. The van der Waals surface area contributed by atoms with Gasteiger partial charge in [-0.25, -0.2) is 9.18 Å². The highest BCUT2D eigenvalue weighted by Gasteiger charge is 2.33. The fourth-order valence-corrected chi connectivity index (χ4v) is 4.70. The summed E-state index contributed by atoms with van der Waals surface area (Å²) in [6.45, 7) is 4.00. The molecule has 2 aromatic rings. The Kier molecular flexibility index (Phi) is 8.87. The number of rotatable bonds is 10. The number of ether oxygens (including phenoxy) is 2. The first-order chi connectivity index (χ1) is 15.5. The number of halogens is 1. The molecule has 0 radical (unpaired) electrons. The third-order valence-corrected chi connectivity index (χ3v) is 6.33. The summed E-state index contributed by atoms with van der Waals surface area (Å²) < 4.78 is 24.5. The number of methoxy groups -OCH3 is 1. The lowest BCUT2D eigenvalue weighted by atomic mass is 10.0. The number of carbonyl (C=O) groups excluding carboxylic acids is 2. The quantitative estimate of drug-likeness (QED) is 0.548. The van der Waals surface area contributed by atoms with E-state index in [1.54, 1.807) is 35.5 Å². The summed E-state index contributed by atoms with van der Waals surface area (Å²) in [7, 11) is 1.61. The van der Waals surface area contributed by atoms with Gasteiger partial charge < -0.3 is 24.6 Å². The lowest BCUT2D eigenvalue weighted by Crippen LogP contribution is -2.50. The Bertz CT molecular complexity index is 907. The average molecular weight is 464 g/mol. The summed E-state index contributed by atoms with van der Waals surface area (Å²) in [5.41, 5.74) is 1.05. The standard InChI is InChI=1S/C23H30FN3O4S/c1-3-25-23(29)26(10-5-12-30-2)15-22(28)27-11-8-21-19(9-13-32-21)20(27)16-31-18-7-4-6-17(24)14-18/h4,6-7,9,13-14,20H,3,5,8,10-12,15-16H2,1-2H3,(H,25,29)/t20-/m1/s1. The van der Waals surface area contributed by atoms with Gasteiger partial charge in [0.25, 0.3) is 0 Å². The van der Waals surface area contributed by atoms with Gasteiger partial charge in [0.05, 0.1) is 6.04 Å². The monoisotopic (exact) mass is 463 g/mol. The molecule has 0 unspecified atom stereocenters. The van der Waals surface area contributed by atoms with Gasteiger partial charge in [0.1, 0.15) is 24.7 Å². The second-order valence-corrected chi connectivity index (χ2v) is 8.52. The first kappa shape index (κ1) is 24.0. The van der Waals surface area contributed by atoms with Gasteiger partial charge in [0.15, 0.2) is 0 Å². The molecule has 0 spiro atoms. The second kappa shape index (κ2) is 11.8. The third kappa shape index (κ3) is 6.20. The molecule has 0 fully saturated rings. The van der Waals surface area contributed by atoms with E-state index in [1.807, 2.05) is 18.4 Å². The molecule has 174 valence electrons. The van der Waals surface area contributed by atoms with Crippen molar-refractivity contribution in [3.63, 3.8) is 0 Å². The zero-order chi connectivity index (χ0) is 22.9. The Morgan fingerprint density at radius 3 is 2.94 bits per heavy atom. The largest absolute Gasteiger partial charge is 0.491 e. The Labute approximate surface area is 192 Å². The molecular formula is C23H30FN3O4S. The van der Waals surface area contributed by atoms with E-state index in [9.17, 15) is 14.0 Å². The van der Waals surface area contributed by atoms with E-state index in [2.05, 4.69) is 5.32 Å². The Morgan fingerprint density at radius 2 is 2.19 bits per heavy atom. The zero-order valence-electron chi connectivity index (χ0n) is 18.5. The number of carbonyl (C=O) groups is 2. The molecule has 0 saturated carbocycles. The van der Waals surface area contributed by atoms with E-state index in [0.717, 1.165) is 12.0 Å². The van der Waals surface area contributed by atoms with Crippen molar-refractivity contribution in [2.24, 2.45) is 0 Å². The molecule has 1 atom stereocenters. The van der Waals surface area contributed by atoms with Gasteiger partial charge in [0.2, 0.25) is 5.91 Å². The van der Waals surface area contributed by atoms with E-state index in [1.165, 1.54) is 21.9 Å². The molecule has 1 N–H and O–H groups in total. The first-order valence-electron chi connectivity index (χ1n) is 10.8. The maximum absolute atomic E-state index is 13.5. The summed E-state index contributed by atoms with van der Waals surface area (Å²) in [6, 6.07) is 7.43. The third-order valence-electron chi connectivity index (χ3n) is 5.34. The smallest absolute Gasteiger partial charge is 0.317 e. The van der Waals surface area contributed by atoms with Crippen LogP contribution in [0.15, 0.2) is 35.7 Å². The summed E-state index contributed by atoms with van der Waals surface area (Å²) >= 11 is 1.66. The summed E-state index contributed by atoms with van der Waals surface area (Å²) in [4.78, 5) is 30.3. The van der Waals surface area contributed by atoms with Crippen LogP contribution in [-0.4, -0.2) is 68.2 Å². The van der Waals surface area contributed by atoms with E-state index < -0.39 is 0 Å². The number of hydrogen-bond donors (Lipinski definition) is 1. The molecule has 32 heavy (non-hydrogen) atoms. The van der Waals surface area contributed by atoms with Crippen molar-refractivity contribution in [2.45, 2.75) is 25.8 Å². The Balaban J connectivity index is 1.73. The number of fused-ring (bicyclic) bond motifs is 1. The normalized spacial score (nSPS) is 15.2. The average Bonchev–Trinajstić information content (AvgIpc) is 3.26. The SMILES string of the molecule is CCNC(=O)N(CCCOC)CC(=O)N1CCc2sccc2[C@H]1COc1cccc(F)c1. The number of amides is 3. The molecule has 1 aromatic carbocycles. The summed E-state index contributed by atoms with van der Waals surface area (Å²) in [5.74, 6) is -0.0921. The molecule has 7 nitrogen and oxygen atoms in total. The van der Waals surface area contributed by atoms with Crippen LogP contribution in [0.25, 0.3) is 0 Å². The van der Waals surface area contributed by atoms with Crippen LogP contribution in [0.2, 0.25) is 0 Å². The van der Waals surface area contributed by atoms with E-state index in [4.69, 9.17) is 9.47 Å². The van der Waals surface area contributed by atoms with E-state index in [-0.39, 0.29) is 36.9 Å². The molecule has 1 aliphatic heterocycles. The molecule has 0 saturated heterocycles. The topological polar surface area (TPSA) is 71.1 Å². The van der Waals surface area contributed by atoms with Crippen molar-refractivity contribution in [1.29, 1.82) is 0 Å². The van der Waals surface area contributed by atoms with Crippen molar-refractivity contribution in [2.75, 3.05) is 46.5 Å². The van der Waals surface area contributed by atoms with Crippen molar-refractivity contribution in [1.82, 2.24) is 15.1 Å². The van der Waals surface area contributed by atoms with Crippen molar-refractivity contribution < 1.29 is 23.5 Å². The highest BCUT2D eigenvalue weighted by Crippen LogP contribution is 2.34. The zero-order valence-corrected chi connectivity index (χ0v) is 19.3. The Morgan fingerprint density at radius 1 is 1.34 bits per heavy atom. The number of nitrogens with zero attached hydrogens (tertiary/aromatic N) is 2. The minimum atomic E-state index is -0.371. The summed E-state index contributed by atoms with van der Waals surface area (Å²) in [6.07, 6.45) is 1.40. The maximum Gasteiger partial charge on any atom is 0.317 e. The van der Waals surface area contributed by atoms with Crippen LogP contribution in [0.4, 0.5) is 9.18 Å². The molecule has 1 aromatic heterocycles. The van der Waals surface area contributed by atoms with Gasteiger partial charge >= 0.3 is 6.03 Å². The molecule has 2 heterocycles. The molecule has 1 aliphatic rings. The van der Waals surface area contributed by atoms with Crippen LogP contribution in [0.3, 0.4) is 0 Å². The Hall–Kier alpha value is -2.65. The minimum absolute atomic E-state index is 0.0223. The fraction of sp³-hybridized carbons (Fsp3) is 0.478. The number of nitrogens with one attached hydrogen (secondary N) is 1. The van der Waals surface area contributed by atoms with Crippen LogP contribution in [-0.2, 0) is 16.0 Å². The lowest BCUT2D eigenvalue weighted by Gasteiger charge is -2.37. The fourth-order valence-electron chi connectivity index (χ4n) is 3.78. The summed E-state index contributed by atoms with van der Waals surface area (Å²) in [5, 5.41) is 4.79. The van der Waals surface area contributed by atoms with Gasteiger partial charge in [0, 0.05) is 44.3 Å². The van der Waals surface area contributed by atoms with Gasteiger partial charge in [-0.15, -0.1) is 11.3 Å². The number of thiophene rings is 1. The van der Waals surface area contributed by atoms with Crippen LogP contribution >= 0.6 is 11.3 Å². The molecular weight excluding hydrogens is 433 g/mol. The molecule has 3 rings (SSSR count). The molecule has 0 bridgehead atoms. The lowest BCUT2D eigenvalue weighted by molar-refractivity contribution is -0.135. The molecule has 0 aliphatic carbocycles. The van der Waals surface area contributed by atoms with Gasteiger partial charge in [-0.2, -0.15) is 0 Å². The van der Waals surface area contributed by atoms with Crippen LogP contribution in [0, 0.1) is 5.82 Å². The maximum atomic E-state index is 13.5. The van der Waals surface area contributed by atoms with Crippen LogP contribution in [0.1, 0.15) is 29.8 Å². The van der Waals surface area contributed by atoms with Crippen LogP contribution in [0.5, 0.6) is 5.75 Å². The van der Waals surface area contributed by atoms with E-state index >= 15 is 0 Å². The van der Waals surface area contributed by atoms with Gasteiger partial charge in [-0.1, -0.05) is 6.07 Å². The van der Waals surface area contributed by atoms with Crippen molar-refractivity contribution in [3.05, 3.63) is 52.0 Å². The van der Waals surface area contributed by atoms with Gasteiger partial charge in [-0.3, -0.25) is 4.79 Å². The first-order valence-corrected chi connectivity index (χ1v) is 11.7. The second-order valence-electron chi connectivity index (χ2n) is 7.52. The van der Waals surface area contributed by atoms with Crippen LogP contribution < -0.4 is 10.1 Å². The van der Waals surface area contributed by atoms with E-state index in [0.29, 0.717) is 38.4 Å². The number of hydrogen-bond acceptors (Lipinski definition) is 5. The van der Waals surface area contributed by atoms with Crippen molar-refractivity contribution >= 4 is 23.3 Å². The van der Waals surface area contributed by atoms with Crippen molar-refractivity contribution in [3.8, 4) is 5.75 Å². The predicted octanol–water partition coefficient (Wildman–Crippen LogP) is 3.46. The highest BCUT2D eigenvalue weighted by molar-refractivity contribution is 7.10. The number of benzene rings is 1.